The summed E-state index contributed by atoms with van der Waals surface area (Å²) in [6.45, 7) is 9.57. The summed E-state index contributed by atoms with van der Waals surface area (Å²) in [4.78, 5) is 27.9. The Labute approximate surface area is 209 Å². The number of sulfonamides is 1. The third kappa shape index (κ3) is 8.28. The van der Waals surface area contributed by atoms with E-state index in [-0.39, 0.29) is 18.4 Å². The predicted molar refractivity (Wildman–Crippen MR) is 139 cm³/mol. The van der Waals surface area contributed by atoms with E-state index in [1.807, 2.05) is 45.9 Å². The molecule has 0 aliphatic carbocycles. The molecule has 0 radical (unpaired) electrons. The zero-order valence-corrected chi connectivity index (χ0v) is 22.5. The van der Waals surface area contributed by atoms with Crippen molar-refractivity contribution < 1.29 is 22.7 Å². The van der Waals surface area contributed by atoms with E-state index in [2.05, 4.69) is 5.32 Å². The number of nitrogens with zero attached hydrogens (tertiary/aromatic N) is 2. The highest BCUT2D eigenvalue weighted by molar-refractivity contribution is 7.92. The van der Waals surface area contributed by atoms with Gasteiger partial charge in [0, 0.05) is 13.1 Å². The summed E-state index contributed by atoms with van der Waals surface area (Å²) in [6, 6.07) is 11.8. The molecule has 2 rings (SSSR count). The van der Waals surface area contributed by atoms with Crippen LogP contribution < -0.4 is 14.4 Å². The molecule has 0 spiro atoms. The largest absolute Gasteiger partial charge is 0.497 e. The van der Waals surface area contributed by atoms with E-state index in [9.17, 15) is 18.0 Å². The molecule has 35 heavy (non-hydrogen) atoms. The van der Waals surface area contributed by atoms with Crippen LogP contribution in [0.3, 0.4) is 0 Å². The van der Waals surface area contributed by atoms with Crippen LogP contribution >= 0.6 is 0 Å². The molecule has 192 valence electrons. The van der Waals surface area contributed by atoms with Crippen molar-refractivity contribution >= 4 is 27.5 Å². The number of carbonyl (C=O) groups is 2. The lowest BCUT2D eigenvalue weighted by Crippen LogP contribution is -2.51. The number of anilines is 1. The molecule has 0 heterocycles. The highest BCUT2D eigenvalue weighted by Crippen LogP contribution is 2.22. The van der Waals surface area contributed by atoms with Crippen molar-refractivity contribution in [2.24, 2.45) is 5.92 Å². The van der Waals surface area contributed by atoms with Crippen LogP contribution in [-0.2, 0) is 26.2 Å². The number of hydrogen-bond acceptors (Lipinski definition) is 5. The Morgan fingerprint density at radius 1 is 1.00 bits per heavy atom. The van der Waals surface area contributed by atoms with Crippen LogP contribution in [-0.4, -0.2) is 57.6 Å². The van der Waals surface area contributed by atoms with E-state index in [1.54, 1.807) is 38.3 Å². The van der Waals surface area contributed by atoms with Crippen molar-refractivity contribution in [1.82, 2.24) is 10.2 Å². The van der Waals surface area contributed by atoms with Crippen molar-refractivity contribution in [3.8, 4) is 5.75 Å². The van der Waals surface area contributed by atoms with Gasteiger partial charge in [0.15, 0.2) is 0 Å². The molecule has 0 saturated heterocycles. The first-order valence-corrected chi connectivity index (χ1v) is 13.4. The van der Waals surface area contributed by atoms with Crippen LogP contribution in [0.25, 0.3) is 0 Å². The number of amides is 2. The van der Waals surface area contributed by atoms with Crippen molar-refractivity contribution in [1.29, 1.82) is 0 Å². The number of ether oxygens (including phenoxy) is 1. The first-order valence-electron chi connectivity index (χ1n) is 11.6. The number of methoxy groups -OCH3 is 1. The molecule has 0 bridgehead atoms. The van der Waals surface area contributed by atoms with Gasteiger partial charge in [-0.15, -0.1) is 0 Å². The zero-order chi connectivity index (χ0) is 26.3. The second kappa shape index (κ2) is 12.1. The Morgan fingerprint density at radius 3 is 2.06 bits per heavy atom. The second-order valence-corrected chi connectivity index (χ2v) is 11.2. The van der Waals surface area contributed by atoms with Gasteiger partial charge in [0.05, 0.1) is 19.1 Å². The first-order chi connectivity index (χ1) is 16.3. The second-order valence-electron chi connectivity index (χ2n) is 9.30. The van der Waals surface area contributed by atoms with Crippen molar-refractivity contribution in [3.63, 3.8) is 0 Å². The quantitative estimate of drug-likeness (QED) is 0.508. The van der Waals surface area contributed by atoms with Gasteiger partial charge < -0.3 is 15.0 Å². The summed E-state index contributed by atoms with van der Waals surface area (Å²) < 4.78 is 31.7. The van der Waals surface area contributed by atoms with Gasteiger partial charge in [0.2, 0.25) is 21.8 Å². The van der Waals surface area contributed by atoms with E-state index < -0.39 is 28.5 Å². The highest BCUT2D eigenvalue weighted by Gasteiger charge is 2.30. The molecule has 0 aromatic heterocycles. The fraction of sp³-hybridized carbons (Fsp3) is 0.462. The number of aryl methyl sites for hydroxylation is 2. The topological polar surface area (TPSA) is 96.0 Å². The maximum Gasteiger partial charge on any atom is 0.244 e. The van der Waals surface area contributed by atoms with Gasteiger partial charge in [-0.1, -0.05) is 32.0 Å². The lowest BCUT2D eigenvalue weighted by atomic mass is 10.1. The van der Waals surface area contributed by atoms with Crippen molar-refractivity contribution in [3.05, 3.63) is 59.2 Å². The van der Waals surface area contributed by atoms with Crippen LogP contribution in [0.5, 0.6) is 5.75 Å². The van der Waals surface area contributed by atoms with Gasteiger partial charge >= 0.3 is 0 Å². The molecule has 0 aliphatic rings. The lowest BCUT2D eigenvalue weighted by molar-refractivity contribution is -0.139. The Bertz CT molecular complexity index is 1110. The highest BCUT2D eigenvalue weighted by atomic mass is 32.2. The van der Waals surface area contributed by atoms with Crippen LogP contribution in [0, 0.1) is 19.8 Å². The van der Waals surface area contributed by atoms with Gasteiger partial charge in [-0.2, -0.15) is 0 Å². The fourth-order valence-electron chi connectivity index (χ4n) is 3.67. The normalized spacial score (nSPS) is 12.2. The summed E-state index contributed by atoms with van der Waals surface area (Å²) in [5.41, 5.74) is 2.98. The summed E-state index contributed by atoms with van der Waals surface area (Å²) in [5.74, 6) is 0.157. The standard InChI is InChI=1S/C26H37N3O5S/c1-18(2)15-27-26(31)21(5)28(16-22-8-10-24(34-6)11-9-22)25(30)17-29(35(7,32)33)23-13-19(3)12-20(4)14-23/h8-14,18,21H,15-17H2,1-7H3,(H,27,31)/t21-/m0/s1. The van der Waals surface area contributed by atoms with Crippen LogP contribution in [0.15, 0.2) is 42.5 Å². The van der Waals surface area contributed by atoms with E-state index in [1.165, 1.54) is 4.90 Å². The van der Waals surface area contributed by atoms with Gasteiger partial charge in [0.1, 0.15) is 18.3 Å². The third-order valence-corrected chi connectivity index (χ3v) is 6.68. The molecule has 0 fully saturated rings. The van der Waals surface area contributed by atoms with Crippen LogP contribution in [0.4, 0.5) is 5.69 Å². The molecule has 0 aliphatic heterocycles. The zero-order valence-electron chi connectivity index (χ0n) is 21.7. The molecule has 9 heteroatoms. The Kier molecular flexibility index (Phi) is 9.71. The van der Waals surface area contributed by atoms with E-state index in [0.717, 1.165) is 27.3 Å². The maximum absolute atomic E-state index is 13.6. The maximum atomic E-state index is 13.6. The van der Waals surface area contributed by atoms with Gasteiger partial charge in [0.25, 0.3) is 0 Å². The molecule has 1 atom stereocenters. The van der Waals surface area contributed by atoms with Crippen molar-refractivity contribution in [2.75, 3.05) is 30.8 Å². The summed E-state index contributed by atoms with van der Waals surface area (Å²) in [6.07, 6.45) is 1.07. The van der Waals surface area contributed by atoms with E-state index in [0.29, 0.717) is 18.0 Å². The molecule has 1 N–H and O–H groups in total. The third-order valence-electron chi connectivity index (χ3n) is 5.54. The minimum Gasteiger partial charge on any atom is -0.497 e. The Balaban J connectivity index is 2.39. The van der Waals surface area contributed by atoms with Crippen LogP contribution in [0.2, 0.25) is 0 Å². The monoisotopic (exact) mass is 503 g/mol. The SMILES string of the molecule is COc1ccc(CN(C(=O)CN(c2cc(C)cc(C)c2)S(C)(=O)=O)[C@@H](C)C(=O)NCC(C)C)cc1. The fourth-order valence-corrected chi connectivity index (χ4v) is 4.50. The Morgan fingerprint density at radius 2 is 1.57 bits per heavy atom. The van der Waals surface area contributed by atoms with Gasteiger partial charge in [-0.25, -0.2) is 8.42 Å². The molecular weight excluding hydrogens is 466 g/mol. The first kappa shape index (κ1) is 28.2. The number of nitrogens with one attached hydrogen (secondary N) is 1. The molecule has 0 unspecified atom stereocenters. The number of hydrogen-bond donors (Lipinski definition) is 1. The molecule has 2 amide bonds. The summed E-state index contributed by atoms with van der Waals surface area (Å²) in [7, 11) is -2.19. The minimum absolute atomic E-state index is 0.142. The molecule has 2 aromatic rings. The van der Waals surface area contributed by atoms with E-state index in [4.69, 9.17) is 4.74 Å². The molecule has 0 saturated carbocycles. The molecule has 2 aromatic carbocycles. The number of carbonyl (C=O) groups excluding carboxylic acids is 2. The molecular formula is C26H37N3O5S. The van der Waals surface area contributed by atoms with Crippen LogP contribution in [0.1, 0.15) is 37.5 Å². The number of rotatable bonds is 11. The Hall–Kier alpha value is -3.07. The average Bonchev–Trinajstić information content (AvgIpc) is 2.77. The summed E-state index contributed by atoms with van der Waals surface area (Å²) in [5, 5.41) is 2.87. The van der Waals surface area contributed by atoms with Crippen molar-refractivity contribution in [2.45, 2.75) is 47.2 Å². The molecule has 8 nitrogen and oxygen atoms in total. The van der Waals surface area contributed by atoms with Gasteiger partial charge in [-0.05, 0) is 67.6 Å². The minimum atomic E-state index is -3.76. The number of benzene rings is 2. The van der Waals surface area contributed by atoms with E-state index >= 15 is 0 Å². The van der Waals surface area contributed by atoms with Gasteiger partial charge in [-0.3, -0.25) is 13.9 Å². The predicted octanol–water partition coefficient (Wildman–Crippen LogP) is 3.27. The average molecular weight is 504 g/mol. The smallest absolute Gasteiger partial charge is 0.244 e. The summed E-state index contributed by atoms with van der Waals surface area (Å²) >= 11 is 0. The lowest BCUT2D eigenvalue weighted by Gasteiger charge is -2.31.